The van der Waals surface area contributed by atoms with Gasteiger partial charge in [0.25, 0.3) is 0 Å². The molecule has 0 amide bonds. The average molecular weight is 412 g/mol. The zero-order chi connectivity index (χ0) is 21.8. The first-order chi connectivity index (χ1) is 14.4. The van der Waals surface area contributed by atoms with E-state index in [-0.39, 0.29) is 5.78 Å². The molecular weight excluding hydrogens is 384 g/mol. The molecule has 0 aliphatic carbocycles. The Kier molecular flexibility index (Phi) is 6.52. The molecule has 0 atom stereocenters. The Morgan fingerprint density at radius 1 is 0.933 bits per heavy atom. The Morgan fingerprint density at radius 2 is 1.60 bits per heavy atom. The molecule has 0 unspecified atom stereocenters. The highest BCUT2D eigenvalue weighted by Gasteiger charge is 2.22. The van der Waals surface area contributed by atoms with Gasteiger partial charge in [0.2, 0.25) is 5.75 Å². The number of ether oxygens (including phenoxy) is 4. The van der Waals surface area contributed by atoms with Crippen LogP contribution in [0.15, 0.2) is 36.5 Å². The molecule has 160 valence electrons. The molecule has 1 aromatic heterocycles. The van der Waals surface area contributed by atoms with Crippen molar-refractivity contribution in [1.82, 2.24) is 9.47 Å². The van der Waals surface area contributed by atoms with Gasteiger partial charge in [0, 0.05) is 41.3 Å². The van der Waals surface area contributed by atoms with E-state index >= 15 is 0 Å². The summed E-state index contributed by atoms with van der Waals surface area (Å²) in [5.41, 5.74) is 2.03. The fraction of sp³-hybridized carbons (Fsp3) is 0.348. The Labute approximate surface area is 176 Å². The van der Waals surface area contributed by atoms with Crippen molar-refractivity contribution in [2.45, 2.75) is 6.54 Å². The highest BCUT2D eigenvalue weighted by Crippen LogP contribution is 2.39. The summed E-state index contributed by atoms with van der Waals surface area (Å²) in [5, 5.41) is 0.840. The molecule has 0 aliphatic rings. The highest BCUT2D eigenvalue weighted by atomic mass is 16.5. The fourth-order valence-corrected chi connectivity index (χ4v) is 3.44. The minimum Gasteiger partial charge on any atom is -0.497 e. The number of hydrogen-bond acceptors (Lipinski definition) is 6. The van der Waals surface area contributed by atoms with Crippen molar-refractivity contribution in [2.24, 2.45) is 0 Å². The lowest BCUT2D eigenvalue weighted by Gasteiger charge is -2.13. The Balaban J connectivity index is 2.14. The second kappa shape index (κ2) is 9.09. The van der Waals surface area contributed by atoms with E-state index in [4.69, 9.17) is 18.9 Å². The Hall–Kier alpha value is -3.19. The van der Waals surface area contributed by atoms with Gasteiger partial charge in [-0.2, -0.15) is 0 Å². The minimum absolute atomic E-state index is 0.129. The summed E-state index contributed by atoms with van der Waals surface area (Å²) in [6, 6.07) is 9.13. The van der Waals surface area contributed by atoms with Gasteiger partial charge in [0.1, 0.15) is 5.75 Å². The number of likely N-dealkylation sites (N-methyl/N-ethyl adjacent to an activating group) is 1. The van der Waals surface area contributed by atoms with Gasteiger partial charge in [-0.3, -0.25) is 4.79 Å². The second-order valence-corrected chi connectivity index (χ2v) is 7.17. The third kappa shape index (κ3) is 4.07. The molecule has 0 saturated heterocycles. The standard InChI is InChI=1S/C23H28N2O5/c1-24(2)9-10-25-14-18(17-13-16(27-3)7-8-19(17)25)22(26)15-11-20(28-4)23(30-6)21(12-15)29-5/h7-8,11-14H,9-10H2,1-6H3. The van der Waals surface area contributed by atoms with Crippen molar-refractivity contribution < 1.29 is 23.7 Å². The largest absolute Gasteiger partial charge is 0.497 e. The SMILES string of the molecule is COc1ccc2c(c1)c(C(=O)c1cc(OC)c(OC)c(OC)c1)cn2CCN(C)C. The second-order valence-electron chi connectivity index (χ2n) is 7.17. The summed E-state index contributed by atoms with van der Waals surface area (Å²) in [4.78, 5) is 15.6. The number of benzene rings is 2. The van der Waals surface area contributed by atoms with Crippen LogP contribution in [0.5, 0.6) is 23.0 Å². The Bertz CT molecular complexity index is 1030. The third-order valence-corrected chi connectivity index (χ3v) is 5.05. The van der Waals surface area contributed by atoms with Gasteiger partial charge in [-0.15, -0.1) is 0 Å². The van der Waals surface area contributed by atoms with Crippen molar-refractivity contribution in [1.29, 1.82) is 0 Å². The van der Waals surface area contributed by atoms with Gasteiger partial charge in [-0.05, 0) is 44.4 Å². The summed E-state index contributed by atoms with van der Waals surface area (Å²) in [7, 11) is 10.3. The first-order valence-electron chi connectivity index (χ1n) is 9.59. The fourth-order valence-electron chi connectivity index (χ4n) is 3.44. The van der Waals surface area contributed by atoms with E-state index < -0.39 is 0 Å². The first-order valence-corrected chi connectivity index (χ1v) is 9.59. The summed E-state index contributed by atoms with van der Waals surface area (Å²) < 4.78 is 23.7. The van der Waals surface area contributed by atoms with Crippen molar-refractivity contribution in [3.8, 4) is 23.0 Å². The van der Waals surface area contributed by atoms with Crippen LogP contribution >= 0.6 is 0 Å². The molecule has 0 N–H and O–H groups in total. The molecule has 3 aromatic rings. The van der Waals surface area contributed by atoms with Crippen LogP contribution in [-0.4, -0.2) is 64.3 Å². The lowest BCUT2D eigenvalue weighted by molar-refractivity contribution is 0.103. The smallest absolute Gasteiger partial charge is 0.203 e. The molecule has 30 heavy (non-hydrogen) atoms. The molecule has 0 saturated carbocycles. The molecule has 7 heteroatoms. The van der Waals surface area contributed by atoms with Crippen molar-refractivity contribution >= 4 is 16.7 Å². The monoisotopic (exact) mass is 412 g/mol. The summed E-state index contributed by atoms with van der Waals surface area (Å²) >= 11 is 0. The molecule has 1 heterocycles. The van der Waals surface area contributed by atoms with E-state index in [1.54, 1.807) is 19.2 Å². The average Bonchev–Trinajstić information content (AvgIpc) is 3.13. The van der Waals surface area contributed by atoms with Crippen LogP contribution < -0.4 is 18.9 Å². The van der Waals surface area contributed by atoms with Gasteiger partial charge in [0.05, 0.1) is 28.4 Å². The quantitative estimate of drug-likeness (QED) is 0.502. The molecule has 0 spiro atoms. The lowest BCUT2D eigenvalue weighted by atomic mass is 10.0. The van der Waals surface area contributed by atoms with E-state index in [9.17, 15) is 4.79 Å². The summed E-state index contributed by atoms with van der Waals surface area (Å²) in [6.07, 6.45) is 1.90. The Morgan fingerprint density at radius 3 is 2.13 bits per heavy atom. The number of aromatic nitrogens is 1. The van der Waals surface area contributed by atoms with E-state index in [1.165, 1.54) is 21.3 Å². The maximum Gasteiger partial charge on any atom is 0.203 e. The number of methoxy groups -OCH3 is 4. The molecule has 0 radical (unpaired) electrons. The molecule has 7 nitrogen and oxygen atoms in total. The van der Waals surface area contributed by atoms with Crippen molar-refractivity contribution in [3.63, 3.8) is 0 Å². The van der Waals surface area contributed by atoms with E-state index in [1.807, 2.05) is 38.5 Å². The number of hydrogen-bond donors (Lipinski definition) is 0. The number of carbonyl (C=O) groups excluding carboxylic acids is 1. The predicted molar refractivity (Wildman–Crippen MR) is 117 cm³/mol. The van der Waals surface area contributed by atoms with Gasteiger partial charge in [0.15, 0.2) is 17.3 Å². The van der Waals surface area contributed by atoms with Crippen LogP contribution in [0.25, 0.3) is 10.9 Å². The zero-order valence-corrected chi connectivity index (χ0v) is 18.3. The van der Waals surface area contributed by atoms with Gasteiger partial charge in [-0.1, -0.05) is 0 Å². The number of ketones is 1. The van der Waals surface area contributed by atoms with Gasteiger partial charge >= 0.3 is 0 Å². The number of rotatable bonds is 9. The maximum atomic E-state index is 13.5. The van der Waals surface area contributed by atoms with Crippen LogP contribution in [-0.2, 0) is 6.54 Å². The molecule has 2 aromatic carbocycles. The van der Waals surface area contributed by atoms with Gasteiger partial charge < -0.3 is 28.4 Å². The molecule has 0 aliphatic heterocycles. The van der Waals surface area contributed by atoms with Crippen LogP contribution in [0.4, 0.5) is 0 Å². The highest BCUT2D eigenvalue weighted by molar-refractivity contribution is 6.17. The van der Waals surface area contributed by atoms with Crippen LogP contribution in [0.3, 0.4) is 0 Å². The van der Waals surface area contributed by atoms with E-state index in [2.05, 4.69) is 9.47 Å². The van der Waals surface area contributed by atoms with Crippen molar-refractivity contribution in [3.05, 3.63) is 47.7 Å². The minimum atomic E-state index is -0.129. The van der Waals surface area contributed by atoms with Crippen LogP contribution in [0.2, 0.25) is 0 Å². The molecule has 3 rings (SSSR count). The summed E-state index contributed by atoms with van der Waals surface area (Å²) in [6.45, 7) is 1.62. The van der Waals surface area contributed by atoms with Crippen LogP contribution in [0.1, 0.15) is 15.9 Å². The molecule has 0 fully saturated rings. The number of nitrogens with zero attached hydrogens (tertiary/aromatic N) is 2. The zero-order valence-electron chi connectivity index (χ0n) is 18.3. The van der Waals surface area contributed by atoms with Gasteiger partial charge in [-0.25, -0.2) is 0 Å². The number of carbonyl (C=O) groups is 1. The molecular formula is C23H28N2O5. The molecule has 0 bridgehead atoms. The maximum absolute atomic E-state index is 13.5. The normalized spacial score (nSPS) is 11.0. The topological polar surface area (TPSA) is 62.2 Å². The van der Waals surface area contributed by atoms with E-state index in [0.717, 1.165) is 24.0 Å². The lowest BCUT2D eigenvalue weighted by Crippen LogP contribution is -2.18. The number of fused-ring (bicyclic) bond motifs is 1. The van der Waals surface area contributed by atoms with Crippen molar-refractivity contribution in [2.75, 3.05) is 49.1 Å². The predicted octanol–water partition coefficient (Wildman–Crippen LogP) is 3.47. The third-order valence-electron chi connectivity index (χ3n) is 5.05. The van der Waals surface area contributed by atoms with Crippen LogP contribution in [0, 0.1) is 0 Å². The first kappa shape index (κ1) is 21.5. The van der Waals surface area contributed by atoms with E-state index in [0.29, 0.717) is 34.1 Å². The summed E-state index contributed by atoms with van der Waals surface area (Å²) in [5.74, 6) is 1.90.